The van der Waals surface area contributed by atoms with Crippen molar-refractivity contribution in [1.82, 2.24) is 19.8 Å². The van der Waals surface area contributed by atoms with Gasteiger partial charge in [0, 0.05) is 39.9 Å². The fourth-order valence-electron chi connectivity index (χ4n) is 3.77. The van der Waals surface area contributed by atoms with E-state index in [1.165, 1.54) is 0 Å². The minimum Gasteiger partial charge on any atom is -0.495 e. The molecule has 1 atom stereocenters. The molecule has 0 radical (unpaired) electrons. The fraction of sp³-hybridized carbons (Fsp3) is 0.348. The summed E-state index contributed by atoms with van der Waals surface area (Å²) in [6.07, 6.45) is -0.224. The van der Waals surface area contributed by atoms with Gasteiger partial charge in [-0.05, 0) is 35.9 Å². The summed E-state index contributed by atoms with van der Waals surface area (Å²) in [4.78, 5) is 23.7. The summed E-state index contributed by atoms with van der Waals surface area (Å²) in [5, 5.41) is 3.97. The summed E-state index contributed by atoms with van der Waals surface area (Å²) in [5.74, 6) is 1.32. The third-order valence-corrected chi connectivity index (χ3v) is 5.73. The molecule has 168 valence electrons. The molecule has 1 unspecified atom stereocenters. The summed E-state index contributed by atoms with van der Waals surface area (Å²) in [5.41, 5.74) is 4.09. The van der Waals surface area contributed by atoms with Crippen molar-refractivity contribution >= 4 is 34.3 Å². The van der Waals surface area contributed by atoms with Crippen LogP contribution >= 0.6 is 11.6 Å². The van der Waals surface area contributed by atoms with E-state index in [0.29, 0.717) is 36.0 Å². The van der Waals surface area contributed by atoms with Crippen LogP contribution in [0.2, 0.25) is 5.02 Å². The summed E-state index contributed by atoms with van der Waals surface area (Å²) >= 11 is 6.16. The first-order valence-electron chi connectivity index (χ1n) is 10.3. The summed E-state index contributed by atoms with van der Waals surface area (Å²) in [7, 11) is 6.74. The van der Waals surface area contributed by atoms with E-state index in [9.17, 15) is 4.79 Å². The highest BCUT2D eigenvalue weighted by Gasteiger charge is 2.25. The van der Waals surface area contributed by atoms with Gasteiger partial charge in [0.05, 0.1) is 35.5 Å². The van der Waals surface area contributed by atoms with Crippen molar-refractivity contribution < 1.29 is 14.3 Å². The topological polar surface area (TPSA) is 81.0 Å². The molecule has 1 amide bonds. The quantitative estimate of drug-likeness (QED) is 0.592. The summed E-state index contributed by atoms with van der Waals surface area (Å²) in [6, 6.07) is 11.2. The van der Waals surface area contributed by atoms with Crippen molar-refractivity contribution in [2.45, 2.75) is 12.7 Å². The van der Waals surface area contributed by atoms with Gasteiger partial charge in [0.15, 0.2) is 5.82 Å². The fourth-order valence-corrected chi connectivity index (χ4v) is 3.96. The van der Waals surface area contributed by atoms with E-state index in [4.69, 9.17) is 31.1 Å². The lowest BCUT2D eigenvalue weighted by Gasteiger charge is -2.11. The molecule has 0 saturated carbocycles. The van der Waals surface area contributed by atoms with Crippen molar-refractivity contribution in [3.05, 3.63) is 58.4 Å². The summed E-state index contributed by atoms with van der Waals surface area (Å²) < 4.78 is 12.7. The monoisotopic (exact) mass is 455 g/mol. The molecule has 2 aromatic carbocycles. The summed E-state index contributed by atoms with van der Waals surface area (Å²) in [6.45, 7) is 1.73. The van der Waals surface area contributed by atoms with E-state index >= 15 is 0 Å². The maximum Gasteiger partial charge on any atom is 0.253 e. The zero-order valence-electron chi connectivity index (χ0n) is 18.6. The number of aliphatic imine (C=N–C) groups is 1. The number of hydrogen-bond donors (Lipinski definition) is 1. The number of carbonyl (C=O) groups is 1. The molecule has 1 aliphatic heterocycles. The van der Waals surface area contributed by atoms with Gasteiger partial charge in [-0.2, -0.15) is 0 Å². The number of nitrogens with zero attached hydrogens (tertiary/aromatic N) is 4. The zero-order chi connectivity index (χ0) is 22.8. The molecule has 1 aromatic heterocycles. The van der Waals surface area contributed by atoms with Crippen LogP contribution in [-0.2, 0) is 11.3 Å². The van der Waals surface area contributed by atoms with Gasteiger partial charge in [-0.15, -0.1) is 0 Å². The molecule has 4 rings (SSSR count). The number of imidazole rings is 1. The van der Waals surface area contributed by atoms with E-state index in [-0.39, 0.29) is 12.1 Å². The first-order chi connectivity index (χ1) is 15.4. The second-order valence-corrected chi connectivity index (χ2v) is 8.14. The average molecular weight is 456 g/mol. The van der Waals surface area contributed by atoms with E-state index in [0.717, 1.165) is 28.1 Å². The van der Waals surface area contributed by atoms with Crippen molar-refractivity contribution in [3.63, 3.8) is 0 Å². The van der Waals surface area contributed by atoms with E-state index in [2.05, 4.69) is 9.88 Å². The minimum absolute atomic E-state index is 0.0588. The SMILES string of the molecule is COCCn1c(C2=NC(c3ccc(Cl)c(OC)c3)NC2)nc2cc(C(=O)N(C)C)ccc21. The van der Waals surface area contributed by atoms with E-state index in [1.807, 2.05) is 36.4 Å². The molecule has 1 N–H and O–H groups in total. The molecule has 32 heavy (non-hydrogen) atoms. The number of fused-ring (bicyclic) bond motifs is 1. The second kappa shape index (κ2) is 9.28. The molecule has 9 heteroatoms. The number of halogens is 1. The number of aromatic nitrogens is 2. The Labute approximate surface area is 191 Å². The molecule has 0 spiro atoms. The predicted octanol–water partition coefficient (Wildman–Crippen LogP) is 3.14. The van der Waals surface area contributed by atoms with Gasteiger partial charge >= 0.3 is 0 Å². The predicted molar refractivity (Wildman–Crippen MR) is 125 cm³/mol. The molecule has 3 aromatic rings. The van der Waals surface area contributed by atoms with Crippen LogP contribution in [0.1, 0.15) is 27.9 Å². The number of carbonyl (C=O) groups excluding carboxylic acids is 1. The van der Waals surface area contributed by atoms with Gasteiger partial charge in [-0.3, -0.25) is 15.1 Å². The van der Waals surface area contributed by atoms with Crippen molar-refractivity contribution in [2.75, 3.05) is 41.5 Å². The highest BCUT2D eigenvalue weighted by Crippen LogP contribution is 2.30. The van der Waals surface area contributed by atoms with Crippen molar-refractivity contribution in [1.29, 1.82) is 0 Å². The van der Waals surface area contributed by atoms with E-state index < -0.39 is 0 Å². The smallest absolute Gasteiger partial charge is 0.253 e. The standard InChI is InChI=1S/C23H26ClN5O3/c1-28(2)23(30)15-6-8-19-17(11-15)27-22(29(19)9-10-31-3)18-13-25-21(26-18)14-5-7-16(24)20(12-14)32-4/h5-8,11-12,21,25H,9-10,13H2,1-4H3. The second-order valence-electron chi connectivity index (χ2n) is 7.74. The van der Waals surface area contributed by atoms with Crippen LogP contribution in [0.3, 0.4) is 0 Å². The lowest BCUT2D eigenvalue weighted by atomic mass is 10.1. The van der Waals surface area contributed by atoms with Gasteiger partial charge < -0.3 is 18.9 Å². The number of rotatable bonds is 7. The average Bonchev–Trinajstić information content (AvgIpc) is 3.41. The van der Waals surface area contributed by atoms with Crippen molar-refractivity contribution in [3.8, 4) is 5.75 Å². The zero-order valence-corrected chi connectivity index (χ0v) is 19.3. The number of ether oxygens (including phenoxy) is 2. The molecule has 0 fully saturated rings. The Kier molecular flexibility index (Phi) is 6.45. The molecular weight excluding hydrogens is 430 g/mol. The number of nitrogens with one attached hydrogen (secondary N) is 1. The molecule has 2 heterocycles. The number of benzene rings is 2. The van der Waals surface area contributed by atoms with Gasteiger partial charge in [0.1, 0.15) is 11.9 Å². The molecule has 8 nitrogen and oxygen atoms in total. The van der Waals surface area contributed by atoms with Crippen LogP contribution < -0.4 is 10.1 Å². The van der Waals surface area contributed by atoms with Crippen LogP contribution in [-0.4, -0.2) is 67.5 Å². The minimum atomic E-state index is -0.224. The molecule has 0 saturated heterocycles. The highest BCUT2D eigenvalue weighted by molar-refractivity contribution is 6.32. The Morgan fingerprint density at radius 2 is 2.06 bits per heavy atom. The molecular formula is C23H26ClN5O3. The first kappa shape index (κ1) is 22.3. The van der Waals surface area contributed by atoms with Gasteiger partial charge in [-0.1, -0.05) is 17.7 Å². The first-order valence-corrected chi connectivity index (χ1v) is 10.7. The van der Waals surface area contributed by atoms with Crippen LogP contribution in [0.25, 0.3) is 11.0 Å². The molecule has 1 aliphatic rings. The largest absolute Gasteiger partial charge is 0.495 e. The Bertz CT molecular complexity index is 1190. The van der Waals surface area contributed by atoms with Crippen LogP contribution in [0, 0.1) is 0 Å². The number of methoxy groups -OCH3 is 2. The Morgan fingerprint density at radius 3 is 2.78 bits per heavy atom. The van der Waals surface area contributed by atoms with Crippen LogP contribution in [0.5, 0.6) is 5.75 Å². The number of amides is 1. The third-order valence-electron chi connectivity index (χ3n) is 5.42. The number of hydrogen-bond acceptors (Lipinski definition) is 6. The third kappa shape index (κ3) is 4.21. The lowest BCUT2D eigenvalue weighted by Crippen LogP contribution is -2.21. The molecule has 0 bridgehead atoms. The van der Waals surface area contributed by atoms with Gasteiger partial charge in [0.2, 0.25) is 0 Å². The van der Waals surface area contributed by atoms with Crippen LogP contribution in [0.4, 0.5) is 0 Å². The van der Waals surface area contributed by atoms with Crippen molar-refractivity contribution in [2.24, 2.45) is 4.99 Å². The molecule has 0 aliphatic carbocycles. The normalized spacial score (nSPS) is 15.8. The maximum atomic E-state index is 12.4. The maximum absolute atomic E-state index is 12.4. The van der Waals surface area contributed by atoms with E-state index in [1.54, 1.807) is 33.2 Å². The highest BCUT2D eigenvalue weighted by atomic mass is 35.5. The van der Waals surface area contributed by atoms with Gasteiger partial charge in [0.25, 0.3) is 5.91 Å². The Morgan fingerprint density at radius 1 is 1.25 bits per heavy atom. The Hall–Kier alpha value is -2.94. The lowest BCUT2D eigenvalue weighted by molar-refractivity contribution is 0.0827. The Balaban J connectivity index is 1.73. The van der Waals surface area contributed by atoms with Crippen LogP contribution in [0.15, 0.2) is 41.4 Å². The van der Waals surface area contributed by atoms with Gasteiger partial charge in [-0.25, -0.2) is 4.98 Å².